The maximum atomic E-state index is 12.3. The topological polar surface area (TPSA) is 78.0 Å². The van der Waals surface area contributed by atoms with Gasteiger partial charge in [0.15, 0.2) is 0 Å². The number of nitrogens with zero attached hydrogens (tertiary/aromatic N) is 5. The van der Waals surface area contributed by atoms with E-state index in [1.807, 2.05) is 16.3 Å². The van der Waals surface area contributed by atoms with Gasteiger partial charge in [0, 0.05) is 26.2 Å². The molecule has 0 saturated carbocycles. The quantitative estimate of drug-likeness (QED) is 0.773. The molecule has 1 amide bonds. The SMILES string of the molecule is O=C(c1cnc[nH]1)N1CCN(c2ncnc3ccsc23)CC1. The fraction of sp³-hybridized carbons (Fsp3) is 0.286. The van der Waals surface area contributed by atoms with E-state index >= 15 is 0 Å². The van der Waals surface area contributed by atoms with Crippen LogP contribution in [0.2, 0.25) is 0 Å². The molecule has 4 heterocycles. The van der Waals surface area contributed by atoms with E-state index in [9.17, 15) is 4.79 Å². The van der Waals surface area contributed by atoms with E-state index in [-0.39, 0.29) is 5.91 Å². The Morgan fingerprint density at radius 1 is 1.23 bits per heavy atom. The molecule has 3 aromatic rings. The lowest BCUT2D eigenvalue weighted by Gasteiger charge is -2.35. The number of aromatic nitrogens is 4. The molecule has 112 valence electrons. The van der Waals surface area contributed by atoms with Crippen LogP contribution in [0, 0.1) is 0 Å². The van der Waals surface area contributed by atoms with Gasteiger partial charge in [-0.15, -0.1) is 11.3 Å². The molecule has 1 saturated heterocycles. The average Bonchev–Trinajstić information content (AvgIpc) is 3.25. The Hall–Kier alpha value is -2.48. The largest absolute Gasteiger partial charge is 0.352 e. The maximum absolute atomic E-state index is 12.3. The lowest BCUT2D eigenvalue weighted by Crippen LogP contribution is -2.49. The summed E-state index contributed by atoms with van der Waals surface area (Å²) in [5.74, 6) is 0.967. The molecule has 7 nitrogen and oxygen atoms in total. The Morgan fingerprint density at radius 2 is 2.09 bits per heavy atom. The molecule has 0 aromatic carbocycles. The Balaban J connectivity index is 1.50. The third kappa shape index (κ3) is 2.21. The number of H-pyrrole nitrogens is 1. The summed E-state index contributed by atoms with van der Waals surface area (Å²) in [5.41, 5.74) is 1.52. The second-order valence-electron chi connectivity index (χ2n) is 5.08. The zero-order valence-electron chi connectivity index (χ0n) is 11.8. The van der Waals surface area contributed by atoms with E-state index in [4.69, 9.17) is 0 Å². The van der Waals surface area contributed by atoms with Gasteiger partial charge in [0.1, 0.15) is 17.8 Å². The molecule has 0 unspecified atom stereocenters. The van der Waals surface area contributed by atoms with Crippen LogP contribution in [-0.4, -0.2) is 56.9 Å². The van der Waals surface area contributed by atoms with E-state index in [1.54, 1.807) is 23.9 Å². The predicted octanol–water partition coefficient (Wildman–Crippen LogP) is 1.38. The first-order chi connectivity index (χ1) is 10.8. The molecule has 4 rings (SSSR count). The van der Waals surface area contributed by atoms with Crippen molar-refractivity contribution < 1.29 is 4.79 Å². The molecule has 22 heavy (non-hydrogen) atoms. The molecule has 1 fully saturated rings. The van der Waals surface area contributed by atoms with Gasteiger partial charge < -0.3 is 14.8 Å². The minimum Gasteiger partial charge on any atom is -0.352 e. The van der Waals surface area contributed by atoms with Crippen LogP contribution >= 0.6 is 11.3 Å². The Labute approximate surface area is 130 Å². The molecular weight excluding hydrogens is 300 g/mol. The van der Waals surface area contributed by atoms with Crippen molar-refractivity contribution in [2.24, 2.45) is 0 Å². The standard InChI is InChI=1S/C14H14N6OS/c21-14(11-7-15-8-16-11)20-4-2-19(3-5-20)13-12-10(1-6-22-12)17-9-18-13/h1,6-9H,2-5H2,(H,15,16). The van der Waals surface area contributed by atoms with Crippen LogP contribution < -0.4 is 4.90 Å². The Morgan fingerprint density at radius 3 is 2.86 bits per heavy atom. The highest BCUT2D eigenvalue weighted by atomic mass is 32.1. The first-order valence-electron chi connectivity index (χ1n) is 7.04. The summed E-state index contributed by atoms with van der Waals surface area (Å²) in [5, 5.41) is 2.03. The summed E-state index contributed by atoms with van der Waals surface area (Å²) in [6.07, 6.45) is 4.69. The second kappa shape index (κ2) is 5.38. The van der Waals surface area contributed by atoms with Crippen LogP contribution in [0.1, 0.15) is 10.5 Å². The first kappa shape index (κ1) is 13.2. The lowest BCUT2D eigenvalue weighted by molar-refractivity contribution is 0.0741. The van der Waals surface area contributed by atoms with Gasteiger partial charge in [-0.3, -0.25) is 4.79 Å². The number of carbonyl (C=O) groups is 1. The molecule has 0 radical (unpaired) electrons. The van der Waals surface area contributed by atoms with Gasteiger partial charge in [-0.05, 0) is 11.4 Å². The Bertz CT molecular complexity index is 791. The number of imidazole rings is 1. The molecule has 0 spiro atoms. The first-order valence-corrected chi connectivity index (χ1v) is 7.92. The van der Waals surface area contributed by atoms with E-state index in [1.165, 1.54) is 6.33 Å². The molecule has 1 aliphatic heterocycles. The number of hydrogen-bond donors (Lipinski definition) is 1. The van der Waals surface area contributed by atoms with E-state index in [2.05, 4.69) is 24.8 Å². The number of rotatable bonds is 2. The molecule has 0 atom stereocenters. The molecule has 1 aliphatic rings. The van der Waals surface area contributed by atoms with Crippen molar-refractivity contribution in [3.05, 3.63) is 36.0 Å². The highest BCUT2D eigenvalue weighted by Gasteiger charge is 2.24. The molecule has 0 bridgehead atoms. The highest BCUT2D eigenvalue weighted by Crippen LogP contribution is 2.28. The molecule has 1 N–H and O–H groups in total. The van der Waals surface area contributed by atoms with E-state index < -0.39 is 0 Å². The number of hydrogen-bond acceptors (Lipinski definition) is 6. The molecular formula is C14H14N6OS. The van der Waals surface area contributed by atoms with Crippen LogP contribution in [0.15, 0.2) is 30.3 Å². The van der Waals surface area contributed by atoms with Gasteiger partial charge in [0.25, 0.3) is 5.91 Å². The van der Waals surface area contributed by atoms with Crippen LogP contribution in [0.5, 0.6) is 0 Å². The van der Waals surface area contributed by atoms with Crippen molar-refractivity contribution in [1.82, 2.24) is 24.8 Å². The average molecular weight is 314 g/mol. The number of carbonyl (C=O) groups excluding carboxylic acids is 1. The van der Waals surface area contributed by atoms with Gasteiger partial charge in [-0.25, -0.2) is 15.0 Å². The number of anilines is 1. The van der Waals surface area contributed by atoms with Crippen molar-refractivity contribution in [3.8, 4) is 0 Å². The number of piperazine rings is 1. The predicted molar refractivity (Wildman–Crippen MR) is 84.1 cm³/mol. The number of aromatic amines is 1. The van der Waals surface area contributed by atoms with Crippen molar-refractivity contribution in [3.63, 3.8) is 0 Å². The minimum absolute atomic E-state index is 0.00103. The van der Waals surface area contributed by atoms with Crippen molar-refractivity contribution >= 4 is 33.3 Å². The lowest BCUT2D eigenvalue weighted by atomic mass is 10.2. The van der Waals surface area contributed by atoms with Crippen LogP contribution in [0.4, 0.5) is 5.82 Å². The fourth-order valence-corrected chi connectivity index (χ4v) is 3.53. The smallest absolute Gasteiger partial charge is 0.272 e. The highest BCUT2D eigenvalue weighted by molar-refractivity contribution is 7.17. The van der Waals surface area contributed by atoms with Crippen molar-refractivity contribution in [1.29, 1.82) is 0 Å². The fourth-order valence-electron chi connectivity index (χ4n) is 2.67. The number of amides is 1. The van der Waals surface area contributed by atoms with Crippen LogP contribution in [0.3, 0.4) is 0 Å². The number of thiophene rings is 1. The van der Waals surface area contributed by atoms with E-state index in [0.717, 1.165) is 29.1 Å². The summed E-state index contributed by atoms with van der Waals surface area (Å²) in [7, 11) is 0. The summed E-state index contributed by atoms with van der Waals surface area (Å²) in [6.45, 7) is 2.89. The van der Waals surface area contributed by atoms with Gasteiger partial charge in [-0.1, -0.05) is 0 Å². The molecule has 0 aliphatic carbocycles. The van der Waals surface area contributed by atoms with Gasteiger partial charge in [-0.2, -0.15) is 0 Å². The van der Waals surface area contributed by atoms with E-state index in [0.29, 0.717) is 18.8 Å². The third-order valence-corrected chi connectivity index (χ3v) is 4.72. The number of nitrogens with one attached hydrogen (secondary N) is 1. The molecule has 8 heteroatoms. The summed E-state index contributed by atoms with van der Waals surface area (Å²) in [6, 6.07) is 2.00. The van der Waals surface area contributed by atoms with Crippen molar-refractivity contribution in [2.45, 2.75) is 0 Å². The minimum atomic E-state index is 0.00103. The third-order valence-electron chi connectivity index (χ3n) is 3.82. The Kier molecular flexibility index (Phi) is 3.23. The van der Waals surface area contributed by atoms with Gasteiger partial charge >= 0.3 is 0 Å². The summed E-state index contributed by atoms with van der Waals surface area (Å²) >= 11 is 1.65. The normalized spacial score (nSPS) is 15.5. The summed E-state index contributed by atoms with van der Waals surface area (Å²) < 4.78 is 1.11. The van der Waals surface area contributed by atoms with Gasteiger partial charge in [0.2, 0.25) is 0 Å². The van der Waals surface area contributed by atoms with Crippen LogP contribution in [-0.2, 0) is 0 Å². The monoisotopic (exact) mass is 314 g/mol. The maximum Gasteiger partial charge on any atom is 0.272 e. The molecule has 3 aromatic heterocycles. The second-order valence-corrected chi connectivity index (χ2v) is 5.99. The zero-order valence-corrected chi connectivity index (χ0v) is 12.6. The zero-order chi connectivity index (χ0) is 14.9. The summed E-state index contributed by atoms with van der Waals surface area (Å²) in [4.78, 5) is 31.8. The van der Waals surface area contributed by atoms with Crippen LogP contribution in [0.25, 0.3) is 10.2 Å². The van der Waals surface area contributed by atoms with Crippen molar-refractivity contribution in [2.75, 3.05) is 31.1 Å². The van der Waals surface area contributed by atoms with Gasteiger partial charge in [0.05, 0.1) is 22.7 Å². The number of fused-ring (bicyclic) bond motifs is 1.